The lowest BCUT2D eigenvalue weighted by Gasteiger charge is -2.40. The first-order chi connectivity index (χ1) is 23.3. The second-order valence-corrected chi connectivity index (χ2v) is 13.4. The van der Waals surface area contributed by atoms with Crippen LogP contribution in [0.1, 0.15) is 34.6 Å². The van der Waals surface area contributed by atoms with Crippen LogP contribution in [0.2, 0.25) is 0 Å². The van der Waals surface area contributed by atoms with E-state index in [0.29, 0.717) is 65.8 Å². The normalized spacial score (nSPS) is 14.4. The first-order valence-corrected chi connectivity index (χ1v) is 17.9. The summed E-state index contributed by atoms with van der Waals surface area (Å²) in [6.45, 7) is 1.33. The molecule has 0 spiro atoms. The van der Waals surface area contributed by atoms with Crippen LogP contribution in [-0.2, 0) is 5.60 Å². The Hall–Kier alpha value is -4.34. The number of aromatic nitrogens is 3. The molecule has 5 aromatic rings. The Kier molecular flexibility index (Phi) is 10.1. The average molecular weight is 680 g/mol. The van der Waals surface area contributed by atoms with E-state index in [0.717, 1.165) is 32.1 Å². The predicted octanol–water partition coefficient (Wildman–Crippen LogP) is 6.76. The van der Waals surface area contributed by atoms with Gasteiger partial charge in [-0.15, -0.1) is 23.5 Å². The third kappa shape index (κ3) is 6.54. The summed E-state index contributed by atoms with van der Waals surface area (Å²) in [5.41, 5.74) is 3.51. The minimum Gasteiger partial charge on any atom is -0.486 e. The summed E-state index contributed by atoms with van der Waals surface area (Å²) < 4.78 is 18.7. The minimum absolute atomic E-state index is 0.346. The molecular weight excluding hydrogens is 643 g/mol. The van der Waals surface area contributed by atoms with Crippen molar-refractivity contribution in [3.05, 3.63) is 95.3 Å². The Morgan fingerprint density at radius 3 is 2.46 bits per heavy atom. The molecule has 48 heavy (non-hydrogen) atoms. The molecule has 3 aromatic heterocycles. The van der Waals surface area contributed by atoms with Crippen molar-refractivity contribution in [1.82, 2.24) is 19.9 Å². The van der Waals surface area contributed by atoms with E-state index in [1.165, 1.54) is 11.8 Å². The number of hydrogen-bond acceptors (Lipinski definition) is 11. The number of hydrogen-bond donors (Lipinski definition) is 1. The number of fused-ring (bicyclic) bond motifs is 2. The smallest absolute Gasteiger partial charge is 0.217 e. The van der Waals surface area contributed by atoms with Gasteiger partial charge in [0.15, 0.2) is 11.5 Å². The SMILES string of the molecule is COc1nc2ccc(C#N)cc2cc1C(c1c(-c2ccnc(SC)c2)ccc2c1OCCO2)C(O)(CCN(C)C)c1ccnc(SC)c1. The van der Waals surface area contributed by atoms with E-state index >= 15 is 0 Å². The van der Waals surface area contributed by atoms with Crippen LogP contribution in [0, 0.1) is 11.3 Å². The van der Waals surface area contributed by atoms with Crippen LogP contribution < -0.4 is 14.2 Å². The molecule has 2 atom stereocenters. The maximum absolute atomic E-state index is 13.6. The van der Waals surface area contributed by atoms with Gasteiger partial charge in [-0.2, -0.15) is 5.26 Å². The molecular formula is C37H37N5O4S2. The molecule has 0 amide bonds. The summed E-state index contributed by atoms with van der Waals surface area (Å²) >= 11 is 3.07. The standard InChI is InChI=1S/C37H37N5O4S2/c1-42(2)15-12-37(43,26-11-14-40-32(21-26)48-5)34(28-19-25-18-23(22-38)6-8-29(25)41-36(28)44-3)33-27(24-10-13-39-31(20-24)47-4)7-9-30-35(33)46-17-16-45-30/h6-11,13-14,18-21,34,43H,12,15-17H2,1-5H3. The molecule has 0 bridgehead atoms. The fourth-order valence-corrected chi connectivity index (χ4v) is 7.09. The van der Waals surface area contributed by atoms with Crippen molar-refractivity contribution in [3.63, 3.8) is 0 Å². The summed E-state index contributed by atoms with van der Waals surface area (Å²) in [6, 6.07) is 21.4. The molecule has 0 saturated heterocycles. The highest BCUT2D eigenvalue weighted by molar-refractivity contribution is 7.98. The van der Waals surface area contributed by atoms with Crippen molar-refractivity contribution >= 4 is 34.4 Å². The first kappa shape index (κ1) is 33.6. The van der Waals surface area contributed by atoms with Gasteiger partial charge in [-0.1, -0.05) is 6.07 Å². The summed E-state index contributed by atoms with van der Waals surface area (Å²) in [4.78, 5) is 16.1. The van der Waals surface area contributed by atoms with E-state index in [2.05, 4.69) is 20.9 Å². The summed E-state index contributed by atoms with van der Waals surface area (Å²) in [5, 5.41) is 25.7. The Morgan fingerprint density at radius 1 is 0.979 bits per heavy atom. The third-order valence-corrected chi connectivity index (χ3v) is 9.88. The van der Waals surface area contributed by atoms with Crippen molar-refractivity contribution in [2.75, 3.05) is 53.5 Å². The van der Waals surface area contributed by atoms with Crippen LogP contribution in [0.4, 0.5) is 0 Å². The molecule has 1 aliphatic rings. The second kappa shape index (κ2) is 14.4. The van der Waals surface area contributed by atoms with Gasteiger partial charge in [-0.05, 0) is 104 Å². The maximum Gasteiger partial charge on any atom is 0.217 e. The molecule has 2 aromatic carbocycles. The van der Waals surface area contributed by atoms with E-state index in [-0.39, 0.29) is 0 Å². The molecule has 0 saturated carbocycles. The van der Waals surface area contributed by atoms with Gasteiger partial charge in [0.25, 0.3) is 0 Å². The van der Waals surface area contributed by atoms with Gasteiger partial charge in [-0.25, -0.2) is 15.0 Å². The zero-order valence-corrected chi connectivity index (χ0v) is 29.2. The molecule has 1 N–H and O–H groups in total. The maximum atomic E-state index is 13.6. The van der Waals surface area contributed by atoms with Gasteiger partial charge in [-0.3, -0.25) is 0 Å². The van der Waals surface area contributed by atoms with Gasteiger partial charge in [0.2, 0.25) is 5.88 Å². The molecule has 1 aliphatic heterocycles. The van der Waals surface area contributed by atoms with Crippen LogP contribution in [0.25, 0.3) is 22.0 Å². The van der Waals surface area contributed by atoms with E-state index in [1.54, 1.807) is 37.3 Å². The summed E-state index contributed by atoms with van der Waals surface area (Å²) in [7, 11) is 5.57. The molecule has 11 heteroatoms. The van der Waals surface area contributed by atoms with Crippen LogP contribution in [-0.4, -0.2) is 78.4 Å². The lowest BCUT2D eigenvalue weighted by Crippen LogP contribution is -2.38. The summed E-state index contributed by atoms with van der Waals surface area (Å²) in [6.07, 6.45) is 7.84. The highest BCUT2D eigenvalue weighted by Crippen LogP contribution is 2.55. The van der Waals surface area contributed by atoms with Crippen molar-refractivity contribution < 1.29 is 19.3 Å². The van der Waals surface area contributed by atoms with Crippen LogP contribution >= 0.6 is 23.5 Å². The monoisotopic (exact) mass is 679 g/mol. The van der Waals surface area contributed by atoms with Crippen molar-refractivity contribution in [1.29, 1.82) is 5.26 Å². The molecule has 9 nitrogen and oxygen atoms in total. The number of methoxy groups -OCH3 is 1. The average Bonchev–Trinajstić information content (AvgIpc) is 3.13. The van der Waals surface area contributed by atoms with Gasteiger partial charge >= 0.3 is 0 Å². The largest absolute Gasteiger partial charge is 0.486 e. The molecule has 0 radical (unpaired) electrons. The number of ether oxygens (including phenoxy) is 3. The van der Waals surface area contributed by atoms with Gasteiger partial charge in [0, 0.05) is 35.5 Å². The van der Waals surface area contributed by atoms with Crippen LogP contribution in [0.3, 0.4) is 0 Å². The van der Waals surface area contributed by atoms with E-state index in [1.807, 2.05) is 81.2 Å². The quantitative estimate of drug-likeness (QED) is 0.149. The highest BCUT2D eigenvalue weighted by Gasteiger charge is 2.46. The van der Waals surface area contributed by atoms with Crippen LogP contribution in [0.15, 0.2) is 83.1 Å². The van der Waals surface area contributed by atoms with Gasteiger partial charge < -0.3 is 24.2 Å². The minimum atomic E-state index is -1.53. The Bertz CT molecular complexity index is 2000. The molecule has 0 aliphatic carbocycles. The lowest BCUT2D eigenvalue weighted by atomic mass is 9.69. The number of aliphatic hydroxyl groups is 1. The second-order valence-electron chi connectivity index (χ2n) is 11.7. The van der Waals surface area contributed by atoms with Gasteiger partial charge in [0.05, 0.1) is 40.2 Å². The Morgan fingerprint density at radius 2 is 1.73 bits per heavy atom. The fourth-order valence-electron chi connectivity index (χ4n) is 6.27. The number of benzene rings is 2. The topological polar surface area (TPSA) is 114 Å². The summed E-state index contributed by atoms with van der Waals surface area (Å²) in [5.74, 6) is 0.726. The molecule has 246 valence electrons. The number of rotatable bonds is 11. The highest BCUT2D eigenvalue weighted by atomic mass is 32.2. The molecule has 0 fully saturated rings. The van der Waals surface area contributed by atoms with Crippen molar-refractivity contribution in [2.24, 2.45) is 0 Å². The molecule has 6 rings (SSSR count). The van der Waals surface area contributed by atoms with E-state index < -0.39 is 11.5 Å². The number of pyridine rings is 3. The zero-order valence-electron chi connectivity index (χ0n) is 27.6. The molecule has 4 heterocycles. The van der Waals surface area contributed by atoms with E-state index in [9.17, 15) is 10.4 Å². The fraction of sp³-hybridized carbons (Fsp3) is 0.297. The van der Waals surface area contributed by atoms with Crippen molar-refractivity contribution in [2.45, 2.75) is 28.0 Å². The predicted molar refractivity (Wildman–Crippen MR) is 190 cm³/mol. The zero-order chi connectivity index (χ0) is 33.8. The van der Waals surface area contributed by atoms with E-state index in [4.69, 9.17) is 19.2 Å². The van der Waals surface area contributed by atoms with Gasteiger partial charge in [0.1, 0.15) is 18.8 Å². The first-order valence-electron chi connectivity index (χ1n) is 15.5. The number of nitrogens with zero attached hydrogens (tertiary/aromatic N) is 5. The Labute approximate surface area is 289 Å². The third-order valence-electron chi connectivity index (χ3n) is 8.59. The van der Waals surface area contributed by atoms with Crippen LogP contribution in [0.5, 0.6) is 17.4 Å². The lowest BCUT2D eigenvalue weighted by molar-refractivity contribution is 0.00248. The Balaban J connectivity index is 1.77. The molecule has 2 unspecified atom stereocenters. The number of thioether (sulfide) groups is 2. The van der Waals surface area contributed by atoms with Crippen molar-refractivity contribution in [3.8, 4) is 34.6 Å². The number of nitriles is 1.